The van der Waals surface area contributed by atoms with Crippen LogP contribution in [0.15, 0.2) is 12.7 Å². The van der Waals surface area contributed by atoms with Crippen molar-refractivity contribution in [1.82, 2.24) is 0 Å². The van der Waals surface area contributed by atoms with Gasteiger partial charge in [-0.1, -0.05) is 27.4 Å². The summed E-state index contributed by atoms with van der Waals surface area (Å²) in [6, 6.07) is 0. The molecule has 0 aliphatic heterocycles. The lowest BCUT2D eigenvalue weighted by Crippen LogP contribution is -2.34. The molecular formula is C12H20O2. The van der Waals surface area contributed by atoms with Crippen molar-refractivity contribution in [3.05, 3.63) is 12.7 Å². The first kappa shape index (κ1) is 11.3. The van der Waals surface area contributed by atoms with E-state index in [-0.39, 0.29) is 17.0 Å². The van der Waals surface area contributed by atoms with E-state index in [0.29, 0.717) is 5.92 Å². The van der Waals surface area contributed by atoms with E-state index in [9.17, 15) is 4.79 Å². The normalized spacial score (nSPS) is 35.3. The van der Waals surface area contributed by atoms with Gasteiger partial charge in [-0.2, -0.15) is 0 Å². The zero-order valence-electron chi connectivity index (χ0n) is 9.59. The highest BCUT2D eigenvalue weighted by Gasteiger charge is 2.47. The summed E-state index contributed by atoms with van der Waals surface area (Å²) in [5.41, 5.74) is -0.0373. The van der Waals surface area contributed by atoms with E-state index >= 15 is 0 Å². The van der Waals surface area contributed by atoms with Crippen LogP contribution in [-0.2, 0) is 9.53 Å². The Kier molecular flexibility index (Phi) is 2.75. The van der Waals surface area contributed by atoms with Gasteiger partial charge in [-0.25, -0.2) is 4.79 Å². The minimum absolute atomic E-state index is 0.273. The lowest BCUT2D eigenvalue weighted by atomic mass is 9.90. The molecule has 1 aliphatic rings. The molecule has 0 spiro atoms. The van der Waals surface area contributed by atoms with Gasteiger partial charge >= 0.3 is 5.97 Å². The third-order valence-electron chi connectivity index (χ3n) is 3.23. The average Bonchev–Trinajstić information content (AvgIpc) is 2.20. The Labute approximate surface area is 86.3 Å². The first-order chi connectivity index (χ1) is 6.29. The van der Waals surface area contributed by atoms with Gasteiger partial charge in [0, 0.05) is 6.08 Å². The summed E-state index contributed by atoms with van der Waals surface area (Å²) < 4.78 is 5.44. The number of esters is 1. The van der Waals surface area contributed by atoms with Crippen molar-refractivity contribution in [3.8, 4) is 0 Å². The quantitative estimate of drug-likeness (QED) is 0.501. The number of ether oxygens (including phenoxy) is 1. The van der Waals surface area contributed by atoms with Gasteiger partial charge in [0.1, 0.15) is 5.60 Å². The molecule has 0 heterocycles. The van der Waals surface area contributed by atoms with Crippen LogP contribution in [0.1, 0.15) is 40.5 Å². The summed E-state index contributed by atoms with van der Waals surface area (Å²) in [5, 5.41) is 0. The molecule has 0 aromatic carbocycles. The van der Waals surface area contributed by atoms with E-state index in [1.54, 1.807) is 0 Å². The average molecular weight is 196 g/mol. The van der Waals surface area contributed by atoms with Gasteiger partial charge < -0.3 is 4.74 Å². The van der Waals surface area contributed by atoms with Crippen LogP contribution in [0.2, 0.25) is 0 Å². The number of hydrogen-bond acceptors (Lipinski definition) is 2. The molecule has 1 rings (SSSR count). The van der Waals surface area contributed by atoms with E-state index in [1.807, 2.05) is 6.92 Å². The predicted molar refractivity (Wildman–Crippen MR) is 56.9 cm³/mol. The Balaban J connectivity index is 2.75. The van der Waals surface area contributed by atoms with Crippen molar-refractivity contribution >= 4 is 5.97 Å². The second kappa shape index (κ2) is 3.41. The van der Waals surface area contributed by atoms with Crippen LogP contribution >= 0.6 is 0 Å². The van der Waals surface area contributed by atoms with Gasteiger partial charge in [0.15, 0.2) is 0 Å². The number of carbonyl (C=O) groups excluding carboxylic acids is 1. The SMILES string of the molecule is C=CC(=O)OC1(C)CC(C)(C)CC1C. The molecule has 2 atom stereocenters. The molecular weight excluding hydrogens is 176 g/mol. The zero-order chi connectivity index (χ0) is 11.0. The van der Waals surface area contributed by atoms with Crippen LogP contribution in [0.5, 0.6) is 0 Å². The lowest BCUT2D eigenvalue weighted by molar-refractivity contribution is -0.155. The highest BCUT2D eigenvalue weighted by molar-refractivity contribution is 5.81. The Bertz CT molecular complexity index is 255. The van der Waals surface area contributed by atoms with E-state index in [0.717, 1.165) is 12.8 Å². The molecule has 1 saturated carbocycles. The molecule has 0 aromatic heterocycles. The fourth-order valence-electron chi connectivity index (χ4n) is 2.65. The van der Waals surface area contributed by atoms with Crippen LogP contribution in [-0.4, -0.2) is 11.6 Å². The van der Waals surface area contributed by atoms with Gasteiger partial charge in [-0.05, 0) is 31.1 Å². The molecule has 1 fully saturated rings. The number of hydrogen-bond donors (Lipinski definition) is 0. The van der Waals surface area contributed by atoms with Gasteiger partial charge in [-0.3, -0.25) is 0 Å². The first-order valence-corrected chi connectivity index (χ1v) is 5.14. The molecule has 0 saturated heterocycles. The van der Waals surface area contributed by atoms with Gasteiger partial charge in [0.2, 0.25) is 0 Å². The van der Waals surface area contributed by atoms with Crippen molar-refractivity contribution in [3.63, 3.8) is 0 Å². The van der Waals surface area contributed by atoms with Crippen LogP contribution in [0.3, 0.4) is 0 Å². The highest BCUT2D eigenvalue weighted by Crippen LogP contribution is 2.49. The maximum Gasteiger partial charge on any atom is 0.330 e. The molecule has 2 unspecified atom stereocenters. The Hall–Kier alpha value is -0.790. The smallest absolute Gasteiger partial charge is 0.330 e. The topological polar surface area (TPSA) is 26.3 Å². The van der Waals surface area contributed by atoms with Crippen molar-refractivity contribution < 1.29 is 9.53 Å². The van der Waals surface area contributed by atoms with Crippen LogP contribution in [0, 0.1) is 11.3 Å². The minimum Gasteiger partial charge on any atom is -0.456 e. The summed E-state index contributed by atoms with van der Waals surface area (Å²) in [6.07, 6.45) is 3.28. The molecule has 0 aromatic rings. The van der Waals surface area contributed by atoms with Crippen molar-refractivity contribution in [1.29, 1.82) is 0 Å². The fourth-order valence-corrected chi connectivity index (χ4v) is 2.65. The van der Waals surface area contributed by atoms with E-state index in [1.165, 1.54) is 6.08 Å². The maximum absolute atomic E-state index is 11.2. The van der Waals surface area contributed by atoms with Gasteiger partial charge in [0.25, 0.3) is 0 Å². The largest absolute Gasteiger partial charge is 0.456 e. The lowest BCUT2D eigenvalue weighted by Gasteiger charge is -2.29. The van der Waals surface area contributed by atoms with E-state index < -0.39 is 0 Å². The molecule has 1 aliphatic carbocycles. The Morgan fingerprint density at radius 1 is 1.50 bits per heavy atom. The third-order valence-corrected chi connectivity index (χ3v) is 3.23. The summed E-state index contributed by atoms with van der Waals surface area (Å²) >= 11 is 0. The standard InChI is InChI=1S/C12H20O2/c1-6-10(13)14-12(5)8-11(3,4)7-9(12)2/h6,9H,1,7-8H2,2-5H3. The molecule has 14 heavy (non-hydrogen) atoms. The first-order valence-electron chi connectivity index (χ1n) is 5.14. The van der Waals surface area contributed by atoms with Crippen LogP contribution in [0.4, 0.5) is 0 Å². The van der Waals surface area contributed by atoms with Gasteiger partial charge in [-0.15, -0.1) is 0 Å². The molecule has 0 N–H and O–H groups in total. The van der Waals surface area contributed by atoms with Crippen LogP contribution in [0.25, 0.3) is 0 Å². The van der Waals surface area contributed by atoms with Crippen molar-refractivity contribution in [2.75, 3.05) is 0 Å². The second-order valence-corrected chi connectivity index (χ2v) is 5.38. The number of carbonyl (C=O) groups is 1. The summed E-state index contributed by atoms with van der Waals surface area (Å²) in [5.74, 6) is 0.110. The van der Waals surface area contributed by atoms with Crippen molar-refractivity contribution in [2.45, 2.75) is 46.1 Å². The minimum atomic E-state index is -0.311. The Morgan fingerprint density at radius 2 is 2.07 bits per heavy atom. The fraction of sp³-hybridized carbons (Fsp3) is 0.750. The monoisotopic (exact) mass is 196 g/mol. The maximum atomic E-state index is 11.2. The molecule has 2 heteroatoms. The summed E-state index contributed by atoms with van der Waals surface area (Å²) in [7, 11) is 0. The highest BCUT2D eigenvalue weighted by atomic mass is 16.6. The van der Waals surface area contributed by atoms with Crippen molar-refractivity contribution in [2.24, 2.45) is 11.3 Å². The molecule has 80 valence electrons. The number of rotatable bonds is 2. The van der Waals surface area contributed by atoms with Gasteiger partial charge in [0.05, 0.1) is 0 Å². The van der Waals surface area contributed by atoms with E-state index in [4.69, 9.17) is 4.74 Å². The predicted octanol–water partition coefficient (Wildman–Crippen LogP) is 2.93. The summed E-state index contributed by atoms with van der Waals surface area (Å²) in [6.45, 7) is 12.0. The second-order valence-electron chi connectivity index (χ2n) is 5.38. The van der Waals surface area contributed by atoms with E-state index in [2.05, 4.69) is 27.4 Å². The molecule has 0 bridgehead atoms. The summed E-state index contributed by atoms with van der Waals surface area (Å²) in [4.78, 5) is 11.2. The third kappa shape index (κ3) is 2.17. The molecule has 0 amide bonds. The zero-order valence-corrected chi connectivity index (χ0v) is 9.59. The molecule has 2 nitrogen and oxygen atoms in total. The molecule has 0 radical (unpaired) electrons. The van der Waals surface area contributed by atoms with Crippen LogP contribution < -0.4 is 0 Å². The Morgan fingerprint density at radius 3 is 2.43 bits per heavy atom.